The quantitative estimate of drug-likeness (QED) is 0.713. The third-order valence-electron chi connectivity index (χ3n) is 3.89. The molecule has 3 aromatic rings. The van der Waals surface area contributed by atoms with E-state index < -0.39 is 16.7 Å². The topological polar surface area (TPSA) is 59.3 Å². The minimum atomic E-state index is -1.26. The largest absolute Gasteiger partial charge is 0.455 e. The maximum atomic E-state index is 13.6. The summed E-state index contributed by atoms with van der Waals surface area (Å²) in [4.78, 5) is 12.9. The first kappa shape index (κ1) is 18.1. The van der Waals surface area contributed by atoms with Crippen LogP contribution in [0.5, 0.6) is 0 Å². The van der Waals surface area contributed by atoms with Gasteiger partial charge in [0, 0.05) is 17.0 Å². The van der Waals surface area contributed by atoms with Crippen molar-refractivity contribution < 1.29 is 17.8 Å². The molecule has 1 aromatic heterocycles. The van der Waals surface area contributed by atoms with E-state index >= 15 is 0 Å². The van der Waals surface area contributed by atoms with Crippen LogP contribution in [0.15, 0.2) is 70.0 Å². The second-order valence-electron chi connectivity index (χ2n) is 5.80. The normalized spacial score (nSPS) is 11.9. The minimum absolute atomic E-state index is 0.0662. The highest BCUT2D eigenvalue weighted by atomic mass is 32.2. The lowest BCUT2D eigenvalue weighted by Crippen LogP contribution is -2.22. The van der Waals surface area contributed by atoms with Crippen LogP contribution < -0.4 is 5.32 Å². The summed E-state index contributed by atoms with van der Waals surface area (Å²) >= 11 is 0. The number of rotatable bonds is 6. The van der Waals surface area contributed by atoms with Gasteiger partial charge in [0.1, 0.15) is 11.6 Å². The van der Waals surface area contributed by atoms with E-state index in [4.69, 9.17) is 4.42 Å². The summed E-state index contributed by atoms with van der Waals surface area (Å²) in [6.45, 7) is 1.97. The number of carbonyl (C=O) groups excluding carboxylic acids is 1. The fraction of sp³-hybridized carbons (Fsp3) is 0.150. The van der Waals surface area contributed by atoms with Gasteiger partial charge in [0.2, 0.25) is 0 Å². The first-order valence-corrected chi connectivity index (χ1v) is 9.41. The summed E-state index contributed by atoms with van der Waals surface area (Å²) < 4.78 is 31.5. The lowest BCUT2D eigenvalue weighted by Gasteiger charge is -2.05. The molecule has 0 bridgehead atoms. The third kappa shape index (κ3) is 4.26. The molecule has 1 unspecified atom stereocenters. The molecule has 1 atom stereocenters. The van der Waals surface area contributed by atoms with Crippen LogP contribution in [0.3, 0.4) is 0 Å². The molecule has 1 N–H and O–H groups in total. The first-order chi connectivity index (χ1) is 12.5. The second kappa shape index (κ2) is 8.10. The van der Waals surface area contributed by atoms with Gasteiger partial charge in [0.25, 0.3) is 5.91 Å². The van der Waals surface area contributed by atoms with Crippen molar-refractivity contribution in [1.82, 2.24) is 5.32 Å². The molecule has 0 aliphatic heterocycles. The van der Waals surface area contributed by atoms with E-state index in [0.717, 1.165) is 10.5 Å². The molecule has 26 heavy (non-hydrogen) atoms. The Labute approximate surface area is 153 Å². The molecule has 0 fully saturated rings. The second-order valence-corrected chi connectivity index (χ2v) is 7.21. The van der Waals surface area contributed by atoms with Crippen molar-refractivity contribution >= 4 is 16.7 Å². The van der Waals surface area contributed by atoms with Crippen molar-refractivity contribution in [2.24, 2.45) is 0 Å². The monoisotopic (exact) mass is 371 g/mol. The number of nitrogens with one attached hydrogen (secondary N) is 1. The predicted octanol–water partition coefficient (Wildman–Crippen LogP) is 3.96. The van der Waals surface area contributed by atoms with Gasteiger partial charge in [-0.15, -0.1) is 0 Å². The molecule has 6 heteroatoms. The lowest BCUT2D eigenvalue weighted by atomic mass is 10.2. The number of furan rings is 1. The fourth-order valence-corrected chi connectivity index (χ4v) is 3.73. The number of hydrogen-bond donors (Lipinski definition) is 1. The van der Waals surface area contributed by atoms with Gasteiger partial charge in [-0.3, -0.25) is 9.00 Å². The number of carbonyl (C=O) groups is 1. The molecule has 0 spiro atoms. The average Bonchev–Trinajstić information content (AvgIpc) is 3.09. The van der Waals surface area contributed by atoms with Gasteiger partial charge in [0.05, 0.1) is 16.6 Å². The fourth-order valence-electron chi connectivity index (χ4n) is 2.50. The van der Waals surface area contributed by atoms with Gasteiger partial charge in [0.15, 0.2) is 5.76 Å². The lowest BCUT2D eigenvalue weighted by molar-refractivity contribution is 0.0921. The number of amides is 1. The van der Waals surface area contributed by atoms with E-state index in [1.807, 2.05) is 31.2 Å². The highest BCUT2D eigenvalue weighted by Gasteiger charge is 2.15. The van der Waals surface area contributed by atoms with Gasteiger partial charge in [-0.25, -0.2) is 4.39 Å². The summed E-state index contributed by atoms with van der Waals surface area (Å²) in [6, 6.07) is 16.8. The molecule has 0 aliphatic carbocycles. The van der Waals surface area contributed by atoms with E-state index in [1.165, 1.54) is 12.1 Å². The Hall–Kier alpha value is -2.73. The predicted molar refractivity (Wildman–Crippen MR) is 97.6 cm³/mol. The van der Waals surface area contributed by atoms with Crippen molar-refractivity contribution in [1.29, 1.82) is 0 Å². The van der Waals surface area contributed by atoms with Gasteiger partial charge in [-0.2, -0.15) is 0 Å². The van der Waals surface area contributed by atoms with Crippen molar-refractivity contribution in [3.63, 3.8) is 0 Å². The molecule has 1 amide bonds. The summed E-state index contributed by atoms with van der Waals surface area (Å²) in [5.74, 6) is -0.0608. The molecular weight excluding hydrogens is 353 g/mol. The van der Waals surface area contributed by atoms with E-state index in [9.17, 15) is 13.4 Å². The SMILES string of the molecule is Cc1ccccc1S(=O)Cc1ccc(C(=O)NCc2ccccc2F)o1. The van der Waals surface area contributed by atoms with Crippen molar-refractivity contribution in [2.45, 2.75) is 24.1 Å². The molecule has 0 radical (unpaired) electrons. The Morgan fingerprint density at radius 1 is 1.08 bits per heavy atom. The summed E-state index contributed by atoms with van der Waals surface area (Å²) in [7, 11) is -1.26. The Kier molecular flexibility index (Phi) is 5.63. The van der Waals surface area contributed by atoms with Crippen LogP contribution in [0.2, 0.25) is 0 Å². The molecule has 0 saturated heterocycles. The van der Waals surface area contributed by atoms with Crippen LogP contribution >= 0.6 is 0 Å². The van der Waals surface area contributed by atoms with Crippen LogP contribution in [-0.4, -0.2) is 10.1 Å². The zero-order chi connectivity index (χ0) is 18.5. The van der Waals surface area contributed by atoms with Crippen molar-refractivity contribution in [2.75, 3.05) is 0 Å². The van der Waals surface area contributed by atoms with Crippen molar-refractivity contribution in [3.05, 3.63) is 89.1 Å². The van der Waals surface area contributed by atoms with E-state index in [0.29, 0.717) is 11.3 Å². The van der Waals surface area contributed by atoms with Gasteiger partial charge in [-0.05, 0) is 36.8 Å². The number of aryl methyl sites for hydroxylation is 1. The standard InChI is InChI=1S/C20H18FNO3S/c1-14-6-2-5-9-19(14)26(24)13-16-10-11-18(25-16)20(23)22-12-15-7-3-4-8-17(15)21/h2-11H,12-13H2,1H3,(H,22,23). The summed E-state index contributed by atoms with van der Waals surface area (Å²) in [5.41, 5.74) is 1.34. The smallest absolute Gasteiger partial charge is 0.287 e. The summed E-state index contributed by atoms with van der Waals surface area (Å²) in [5, 5.41) is 2.61. The molecule has 4 nitrogen and oxygen atoms in total. The van der Waals surface area contributed by atoms with Crippen molar-refractivity contribution in [3.8, 4) is 0 Å². The van der Waals surface area contributed by atoms with Crippen LogP contribution in [0.1, 0.15) is 27.4 Å². The van der Waals surface area contributed by atoms with E-state index in [1.54, 1.807) is 24.3 Å². The van der Waals surface area contributed by atoms with Crippen LogP contribution in [0, 0.1) is 12.7 Å². The zero-order valence-corrected chi connectivity index (χ0v) is 15.0. The Morgan fingerprint density at radius 3 is 2.58 bits per heavy atom. The zero-order valence-electron chi connectivity index (χ0n) is 14.2. The molecule has 3 rings (SSSR count). The number of halogens is 1. The molecule has 2 aromatic carbocycles. The Morgan fingerprint density at radius 2 is 1.81 bits per heavy atom. The Bertz CT molecular complexity index is 951. The highest BCUT2D eigenvalue weighted by Crippen LogP contribution is 2.18. The first-order valence-electron chi connectivity index (χ1n) is 8.09. The number of benzene rings is 2. The van der Waals surface area contributed by atoms with E-state index in [-0.39, 0.29) is 23.9 Å². The highest BCUT2D eigenvalue weighted by molar-refractivity contribution is 7.84. The Balaban J connectivity index is 1.62. The molecule has 134 valence electrons. The third-order valence-corrected chi connectivity index (χ3v) is 5.39. The maximum absolute atomic E-state index is 13.6. The van der Waals surface area contributed by atoms with Gasteiger partial charge < -0.3 is 9.73 Å². The molecule has 0 aliphatic rings. The van der Waals surface area contributed by atoms with Crippen LogP contribution in [0.25, 0.3) is 0 Å². The average molecular weight is 371 g/mol. The molecule has 1 heterocycles. The van der Waals surface area contributed by atoms with Crippen LogP contribution in [-0.2, 0) is 23.1 Å². The number of hydrogen-bond acceptors (Lipinski definition) is 3. The van der Waals surface area contributed by atoms with Gasteiger partial charge in [-0.1, -0.05) is 36.4 Å². The van der Waals surface area contributed by atoms with Crippen LogP contribution in [0.4, 0.5) is 4.39 Å². The molecule has 0 saturated carbocycles. The minimum Gasteiger partial charge on any atom is -0.455 e. The maximum Gasteiger partial charge on any atom is 0.287 e. The van der Waals surface area contributed by atoms with Gasteiger partial charge >= 0.3 is 0 Å². The summed E-state index contributed by atoms with van der Waals surface area (Å²) in [6.07, 6.45) is 0. The molecular formula is C20H18FNO3S. The van der Waals surface area contributed by atoms with E-state index in [2.05, 4.69) is 5.32 Å².